The van der Waals surface area contributed by atoms with Crippen LogP contribution in [0.15, 0.2) is 122 Å². The van der Waals surface area contributed by atoms with Crippen molar-refractivity contribution in [1.29, 1.82) is 0 Å². The van der Waals surface area contributed by atoms with Crippen molar-refractivity contribution in [2.24, 2.45) is 0 Å². The van der Waals surface area contributed by atoms with Gasteiger partial charge in [-0.15, -0.1) is 13.2 Å². The third kappa shape index (κ3) is 3.39. The van der Waals surface area contributed by atoms with Crippen LogP contribution < -0.4 is 0 Å². The highest BCUT2D eigenvalue weighted by Gasteiger charge is 2.27. The Hall–Kier alpha value is -5.22. The van der Waals surface area contributed by atoms with Crippen LogP contribution in [0.2, 0.25) is 0 Å². The highest BCUT2D eigenvalue weighted by Crippen LogP contribution is 2.50. The largest absolute Gasteiger partial charge is 0.508 e. The van der Waals surface area contributed by atoms with E-state index >= 15 is 0 Å². The number of phenols is 2. The number of hydrogen-bond donors (Lipinski definition) is 2. The van der Waals surface area contributed by atoms with Gasteiger partial charge in [0.25, 0.3) is 0 Å². The average molecular weight is 521 g/mol. The zero-order valence-electron chi connectivity index (χ0n) is 22.0. The fourth-order valence-corrected chi connectivity index (χ4v) is 6.33. The summed E-state index contributed by atoms with van der Waals surface area (Å²) in [5, 5.41) is 25.0. The molecular weight excluding hydrogens is 492 g/mol. The lowest BCUT2D eigenvalue weighted by Crippen LogP contribution is -2.00. The van der Waals surface area contributed by atoms with Crippen LogP contribution in [0, 0.1) is 0 Å². The number of para-hydroxylation sites is 2. The number of phenolic OH excluding ortho intramolecular Hbond substituents is 2. The van der Waals surface area contributed by atoms with Gasteiger partial charge in [0.1, 0.15) is 11.5 Å². The molecule has 7 rings (SSSR count). The number of rotatable bonds is 6. The third-order valence-corrected chi connectivity index (χ3v) is 7.85. The van der Waals surface area contributed by atoms with Crippen LogP contribution in [0.5, 0.6) is 11.5 Å². The van der Waals surface area contributed by atoms with Gasteiger partial charge in [-0.2, -0.15) is 0 Å². The molecule has 4 nitrogen and oxygen atoms in total. The molecule has 0 aliphatic carbocycles. The van der Waals surface area contributed by atoms with Gasteiger partial charge in [0, 0.05) is 56.8 Å². The maximum atomic E-state index is 10.2. The molecule has 40 heavy (non-hydrogen) atoms. The van der Waals surface area contributed by atoms with Crippen molar-refractivity contribution in [3.63, 3.8) is 0 Å². The van der Waals surface area contributed by atoms with Crippen LogP contribution in [-0.4, -0.2) is 19.3 Å². The Kier molecular flexibility index (Phi) is 5.49. The molecule has 7 aromatic rings. The molecule has 2 heterocycles. The average Bonchev–Trinajstić information content (AvgIpc) is 3.47. The molecule has 0 saturated carbocycles. The van der Waals surface area contributed by atoms with Crippen molar-refractivity contribution in [3.8, 4) is 33.8 Å². The first-order chi connectivity index (χ1) is 19.6. The summed E-state index contributed by atoms with van der Waals surface area (Å²) >= 11 is 0. The summed E-state index contributed by atoms with van der Waals surface area (Å²) in [6.07, 6.45) is 3.88. The molecule has 0 aliphatic rings. The second-order valence-electron chi connectivity index (χ2n) is 10.1. The summed E-state index contributed by atoms with van der Waals surface area (Å²) in [7, 11) is 0. The highest BCUT2D eigenvalue weighted by molar-refractivity contribution is 6.32. The van der Waals surface area contributed by atoms with Crippen molar-refractivity contribution in [3.05, 3.63) is 122 Å². The van der Waals surface area contributed by atoms with E-state index in [1.54, 1.807) is 24.3 Å². The van der Waals surface area contributed by atoms with Gasteiger partial charge in [-0.3, -0.25) is 0 Å². The maximum Gasteiger partial charge on any atom is 0.115 e. The van der Waals surface area contributed by atoms with Gasteiger partial charge in [0.05, 0.1) is 11.0 Å². The molecule has 0 bridgehead atoms. The molecule has 0 atom stereocenters. The first kappa shape index (κ1) is 23.9. The van der Waals surface area contributed by atoms with E-state index in [1.165, 1.54) is 0 Å². The summed E-state index contributed by atoms with van der Waals surface area (Å²) in [5.41, 5.74) is 8.77. The van der Waals surface area contributed by atoms with Crippen LogP contribution in [-0.2, 0) is 13.1 Å². The minimum atomic E-state index is 0.234. The first-order valence-electron chi connectivity index (χ1n) is 13.4. The minimum Gasteiger partial charge on any atom is -0.508 e. The molecule has 4 heteroatoms. The quantitative estimate of drug-likeness (QED) is 0.215. The number of hydrogen-bond acceptors (Lipinski definition) is 2. The maximum absolute atomic E-state index is 10.2. The molecule has 5 aromatic carbocycles. The Bertz CT molecular complexity index is 1940. The lowest BCUT2D eigenvalue weighted by atomic mass is 9.90. The highest BCUT2D eigenvalue weighted by atomic mass is 16.3. The molecule has 194 valence electrons. The molecule has 0 unspecified atom stereocenters. The Morgan fingerprint density at radius 2 is 0.900 bits per heavy atom. The van der Waals surface area contributed by atoms with E-state index in [-0.39, 0.29) is 11.5 Å². The topological polar surface area (TPSA) is 50.3 Å². The van der Waals surface area contributed by atoms with E-state index in [9.17, 15) is 10.2 Å². The zero-order chi connectivity index (χ0) is 27.4. The standard InChI is InChI=1S/C36H28N2O2/c1-3-21-37-29-11-7-5-9-27(29)33-32(24-15-19-26(40)20-16-24)36-34(28-10-6-8-12-30(28)38(36)22-4-2)31(35(33)37)23-13-17-25(39)18-14-23/h3-20,39-40H,1-2,21-22H2. The van der Waals surface area contributed by atoms with Crippen molar-refractivity contribution < 1.29 is 10.2 Å². The lowest BCUT2D eigenvalue weighted by Gasteiger charge is -2.17. The molecular formula is C36H28N2O2. The summed E-state index contributed by atoms with van der Waals surface area (Å²) in [4.78, 5) is 0. The molecule has 0 amide bonds. The van der Waals surface area contributed by atoms with Gasteiger partial charge in [-0.25, -0.2) is 0 Å². The Morgan fingerprint density at radius 3 is 1.27 bits per heavy atom. The van der Waals surface area contributed by atoms with Gasteiger partial charge >= 0.3 is 0 Å². The Morgan fingerprint density at radius 1 is 0.525 bits per heavy atom. The summed E-state index contributed by atoms with van der Waals surface area (Å²) < 4.78 is 4.70. The number of aromatic hydroxyl groups is 2. The number of allylic oxidation sites excluding steroid dienone is 2. The van der Waals surface area contributed by atoms with E-state index < -0.39 is 0 Å². The second kappa shape index (κ2) is 9.21. The van der Waals surface area contributed by atoms with E-state index in [0.717, 1.165) is 65.9 Å². The van der Waals surface area contributed by atoms with Gasteiger partial charge in [0.2, 0.25) is 0 Å². The van der Waals surface area contributed by atoms with Crippen molar-refractivity contribution >= 4 is 43.6 Å². The third-order valence-electron chi connectivity index (χ3n) is 7.85. The number of nitrogens with zero attached hydrogens (tertiary/aromatic N) is 2. The minimum absolute atomic E-state index is 0.234. The molecule has 2 N–H and O–H groups in total. The fourth-order valence-electron chi connectivity index (χ4n) is 6.33. The number of fused-ring (bicyclic) bond motifs is 6. The molecule has 0 radical (unpaired) electrons. The predicted octanol–water partition coefficient (Wildman–Crippen LogP) is 9.02. The zero-order valence-corrected chi connectivity index (χ0v) is 22.0. The van der Waals surface area contributed by atoms with E-state index in [0.29, 0.717) is 13.1 Å². The number of aromatic nitrogens is 2. The van der Waals surface area contributed by atoms with Crippen LogP contribution >= 0.6 is 0 Å². The predicted molar refractivity (Wildman–Crippen MR) is 167 cm³/mol. The lowest BCUT2D eigenvalue weighted by molar-refractivity contribution is 0.475. The van der Waals surface area contributed by atoms with E-state index in [1.807, 2.05) is 36.4 Å². The van der Waals surface area contributed by atoms with Crippen molar-refractivity contribution in [2.45, 2.75) is 13.1 Å². The van der Waals surface area contributed by atoms with Crippen LogP contribution in [0.3, 0.4) is 0 Å². The summed E-state index contributed by atoms with van der Waals surface area (Å²) in [6, 6.07) is 32.1. The van der Waals surface area contributed by atoms with Crippen molar-refractivity contribution in [1.82, 2.24) is 9.13 Å². The fraction of sp³-hybridized carbons (Fsp3) is 0.0556. The Balaban J connectivity index is 1.87. The molecule has 2 aromatic heterocycles. The Labute approximate surface area is 232 Å². The number of benzene rings is 5. The molecule has 0 saturated heterocycles. The van der Waals surface area contributed by atoms with E-state index in [4.69, 9.17) is 0 Å². The molecule has 0 spiro atoms. The second-order valence-corrected chi connectivity index (χ2v) is 10.1. The summed E-state index contributed by atoms with van der Waals surface area (Å²) in [6.45, 7) is 9.47. The molecule has 0 fully saturated rings. The summed E-state index contributed by atoms with van der Waals surface area (Å²) in [5.74, 6) is 0.468. The van der Waals surface area contributed by atoms with Crippen LogP contribution in [0.4, 0.5) is 0 Å². The SMILES string of the molecule is C=CCn1c2ccccc2c2c(-c3ccc(O)cc3)c3c(c(-c4ccc(O)cc4)c21)c1ccccc1n3CC=C. The van der Waals surface area contributed by atoms with Gasteiger partial charge in [-0.05, 0) is 47.5 Å². The van der Waals surface area contributed by atoms with E-state index in [2.05, 4.69) is 70.8 Å². The normalized spacial score (nSPS) is 11.6. The smallest absolute Gasteiger partial charge is 0.115 e. The van der Waals surface area contributed by atoms with Crippen LogP contribution in [0.1, 0.15) is 0 Å². The van der Waals surface area contributed by atoms with Gasteiger partial charge in [-0.1, -0.05) is 72.8 Å². The monoisotopic (exact) mass is 520 g/mol. The van der Waals surface area contributed by atoms with Gasteiger partial charge < -0.3 is 19.3 Å². The van der Waals surface area contributed by atoms with Crippen molar-refractivity contribution in [2.75, 3.05) is 0 Å². The first-order valence-corrected chi connectivity index (χ1v) is 13.4. The van der Waals surface area contributed by atoms with Crippen LogP contribution in [0.25, 0.3) is 65.9 Å². The van der Waals surface area contributed by atoms with Gasteiger partial charge in [0.15, 0.2) is 0 Å². The molecule has 0 aliphatic heterocycles.